The predicted octanol–water partition coefficient (Wildman–Crippen LogP) is 1.71. The minimum absolute atomic E-state index is 0.394. The molecule has 1 rings (SSSR count). The second kappa shape index (κ2) is 4.64. The van der Waals surface area contributed by atoms with Crippen LogP contribution in [0.25, 0.3) is 0 Å². The molecule has 0 atom stereocenters. The standard InChI is InChI=1S/C8H12ClN2OP/c1-12-6(5-7(9)13)8(10)11-3-2-4-11/h5,10,13H,2-4H2,1H3/b6-5+,10-8?. The second-order valence-corrected chi connectivity index (χ2v) is 4.01. The maximum atomic E-state index is 7.74. The van der Waals surface area contributed by atoms with E-state index in [2.05, 4.69) is 8.86 Å². The third kappa shape index (κ3) is 2.71. The Bertz CT molecular complexity index is 261. The van der Waals surface area contributed by atoms with Gasteiger partial charge in [-0.3, -0.25) is 5.41 Å². The Balaban J connectivity index is 2.64. The topological polar surface area (TPSA) is 36.3 Å². The Labute approximate surface area is 85.0 Å². The molecule has 0 aliphatic carbocycles. The molecule has 1 aliphatic rings. The summed E-state index contributed by atoms with van der Waals surface area (Å²) < 4.78 is 5.47. The molecule has 0 spiro atoms. The minimum atomic E-state index is 0.394. The van der Waals surface area contributed by atoms with E-state index in [0.29, 0.717) is 16.3 Å². The first-order valence-corrected chi connectivity index (χ1v) is 4.86. The minimum Gasteiger partial charge on any atom is -0.493 e. The number of nitrogens with one attached hydrogen (secondary N) is 1. The average Bonchev–Trinajstić information content (AvgIpc) is 1.96. The van der Waals surface area contributed by atoms with Crippen LogP contribution < -0.4 is 0 Å². The molecule has 0 aromatic carbocycles. The van der Waals surface area contributed by atoms with Gasteiger partial charge in [-0.15, -0.1) is 8.86 Å². The van der Waals surface area contributed by atoms with Gasteiger partial charge in [0.25, 0.3) is 0 Å². The summed E-state index contributed by atoms with van der Waals surface area (Å²) in [6.45, 7) is 1.86. The molecule has 1 aliphatic heterocycles. The van der Waals surface area contributed by atoms with Crippen molar-refractivity contribution in [2.75, 3.05) is 20.2 Å². The average molecular weight is 219 g/mol. The zero-order valence-electron chi connectivity index (χ0n) is 7.43. The van der Waals surface area contributed by atoms with Crippen LogP contribution in [0.3, 0.4) is 0 Å². The number of nitrogens with zero attached hydrogens (tertiary/aromatic N) is 1. The molecule has 1 fully saturated rings. The zero-order chi connectivity index (χ0) is 9.84. The normalized spacial score (nSPS) is 16.5. The van der Waals surface area contributed by atoms with Gasteiger partial charge >= 0.3 is 0 Å². The van der Waals surface area contributed by atoms with Crippen LogP contribution in [0.5, 0.6) is 0 Å². The Morgan fingerprint density at radius 2 is 2.23 bits per heavy atom. The third-order valence-corrected chi connectivity index (χ3v) is 2.14. The van der Waals surface area contributed by atoms with E-state index in [1.54, 1.807) is 6.08 Å². The van der Waals surface area contributed by atoms with Crippen molar-refractivity contribution < 1.29 is 4.74 Å². The molecule has 0 bridgehead atoms. The fourth-order valence-electron chi connectivity index (χ4n) is 1.03. The summed E-state index contributed by atoms with van der Waals surface area (Å²) >= 11 is 5.62. The van der Waals surface area contributed by atoms with E-state index in [1.165, 1.54) is 7.11 Å². The van der Waals surface area contributed by atoms with E-state index < -0.39 is 0 Å². The van der Waals surface area contributed by atoms with Gasteiger partial charge < -0.3 is 9.64 Å². The molecule has 3 nitrogen and oxygen atoms in total. The molecule has 0 saturated carbocycles. The summed E-state index contributed by atoms with van der Waals surface area (Å²) in [6, 6.07) is 0. The van der Waals surface area contributed by atoms with Crippen LogP contribution in [-0.2, 0) is 4.74 Å². The van der Waals surface area contributed by atoms with Gasteiger partial charge in [-0.2, -0.15) is 0 Å². The van der Waals surface area contributed by atoms with Crippen LogP contribution in [-0.4, -0.2) is 35.7 Å². The second-order valence-electron chi connectivity index (χ2n) is 2.75. The molecule has 0 radical (unpaired) electrons. The highest BCUT2D eigenvalue weighted by atomic mass is 35.5. The van der Waals surface area contributed by atoms with Crippen molar-refractivity contribution in [2.24, 2.45) is 0 Å². The van der Waals surface area contributed by atoms with Crippen LogP contribution in [0.1, 0.15) is 6.42 Å². The first-order valence-electron chi connectivity index (χ1n) is 3.98. The maximum Gasteiger partial charge on any atom is 0.164 e. The first kappa shape index (κ1) is 10.6. The highest BCUT2D eigenvalue weighted by Gasteiger charge is 2.20. The Hall–Kier alpha value is -0.530. The van der Waals surface area contributed by atoms with E-state index in [4.69, 9.17) is 21.7 Å². The van der Waals surface area contributed by atoms with Gasteiger partial charge in [-0.25, -0.2) is 0 Å². The van der Waals surface area contributed by atoms with Crippen molar-refractivity contribution >= 4 is 31.1 Å². The first-order chi connectivity index (χ1) is 6.15. The molecule has 1 N–H and O–H groups in total. The lowest BCUT2D eigenvalue weighted by Gasteiger charge is -2.33. The summed E-state index contributed by atoms with van der Waals surface area (Å²) in [5, 5.41) is 7.74. The van der Waals surface area contributed by atoms with Gasteiger partial charge in [0.05, 0.1) is 11.9 Å². The van der Waals surface area contributed by atoms with Gasteiger partial charge in [-0.1, -0.05) is 11.6 Å². The molecule has 13 heavy (non-hydrogen) atoms. The van der Waals surface area contributed by atoms with E-state index in [1.807, 2.05) is 4.90 Å². The van der Waals surface area contributed by atoms with Crippen molar-refractivity contribution in [3.05, 3.63) is 11.8 Å². The molecule has 1 saturated heterocycles. The highest BCUT2D eigenvalue weighted by molar-refractivity contribution is 7.30. The number of ether oxygens (including phenoxy) is 1. The quantitative estimate of drug-likeness (QED) is 0.339. The molecule has 72 valence electrons. The Kier molecular flexibility index (Phi) is 3.76. The lowest BCUT2D eigenvalue weighted by Crippen LogP contribution is -2.42. The summed E-state index contributed by atoms with van der Waals surface area (Å²) in [5.74, 6) is 0.879. The molecule has 0 aromatic rings. The van der Waals surface area contributed by atoms with Gasteiger partial charge in [0.2, 0.25) is 0 Å². The SMILES string of the molecule is CO/C(=C/C(=P)Cl)C(=N)N1CCC1. The van der Waals surface area contributed by atoms with Gasteiger partial charge in [0.15, 0.2) is 11.6 Å². The monoisotopic (exact) mass is 218 g/mol. The van der Waals surface area contributed by atoms with Crippen molar-refractivity contribution in [1.29, 1.82) is 5.41 Å². The molecule has 5 heteroatoms. The molecule has 0 aromatic heterocycles. The number of hydrogen-bond acceptors (Lipinski definition) is 2. The zero-order valence-corrected chi connectivity index (χ0v) is 9.19. The summed E-state index contributed by atoms with van der Waals surface area (Å²) in [6.07, 6.45) is 2.73. The van der Waals surface area contributed by atoms with Crippen LogP contribution in [0.2, 0.25) is 0 Å². The van der Waals surface area contributed by atoms with Crippen LogP contribution >= 0.6 is 20.5 Å². The number of rotatable bonds is 3. The van der Waals surface area contributed by atoms with E-state index >= 15 is 0 Å². The Morgan fingerprint density at radius 1 is 1.62 bits per heavy atom. The number of methoxy groups -OCH3 is 1. The Morgan fingerprint density at radius 3 is 2.54 bits per heavy atom. The number of hydrogen-bond donors (Lipinski definition) is 1. The van der Waals surface area contributed by atoms with Crippen LogP contribution in [0.15, 0.2) is 11.8 Å². The summed E-state index contributed by atoms with van der Waals surface area (Å²) in [7, 11) is 4.67. The van der Waals surface area contributed by atoms with Crippen molar-refractivity contribution in [3.8, 4) is 0 Å². The third-order valence-electron chi connectivity index (χ3n) is 1.88. The number of likely N-dealkylation sites (tertiary alicyclic amines) is 1. The molecular formula is C8H12ClN2OP. The number of amidine groups is 1. The van der Waals surface area contributed by atoms with E-state index in [9.17, 15) is 0 Å². The van der Waals surface area contributed by atoms with E-state index in [-0.39, 0.29) is 0 Å². The maximum absolute atomic E-state index is 7.74. The van der Waals surface area contributed by atoms with Crippen molar-refractivity contribution in [2.45, 2.75) is 6.42 Å². The van der Waals surface area contributed by atoms with Crippen LogP contribution in [0.4, 0.5) is 0 Å². The number of allylic oxidation sites excluding steroid dienone is 1. The highest BCUT2D eigenvalue weighted by Crippen LogP contribution is 2.12. The van der Waals surface area contributed by atoms with Crippen molar-refractivity contribution in [1.82, 2.24) is 4.90 Å². The summed E-state index contributed by atoms with van der Waals surface area (Å²) in [4.78, 5) is 1.93. The number of halogens is 1. The van der Waals surface area contributed by atoms with E-state index in [0.717, 1.165) is 19.5 Å². The fraction of sp³-hybridized carbons (Fsp3) is 0.500. The predicted molar refractivity (Wildman–Crippen MR) is 58.2 cm³/mol. The van der Waals surface area contributed by atoms with Gasteiger partial charge in [-0.05, 0) is 6.42 Å². The smallest absolute Gasteiger partial charge is 0.164 e. The summed E-state index contributed by atoms with van der Waals surface area (Å²) in [5.41, 5.74) is 0. The van der Waals surface area contributed by atoms with Gasteiger partial charge in [0, 0.05) is 19.2 Å². The van der Waals surface area contributed by atoms with Crippen molar-refractivity contribution in [3.63, 3.8) is 0 Å². The molecule has 0 unspecified atom stereocenters. The largest absolute Gasteiger partial charge is 0.493 e. The van der Waals surface area contributed by atoms with Crippen LogP contribution in [0, 0.1) is 5.41 Å². The molecular weight excluding hydrogens is 207 g/mol. The lowest BCUT2D eigenvalue weighted by atomic mass is 10.2. The lowest BCUT2D eigenvalue weighted by molar-refractivity contribution is 0.261. The fourth-order valence-corrected chi connectivity index (χ4v) is 1.26. The van der Waals surface area contributed by atoms with Gasteiger partial charge in [0.1, 0.15) is 0 Å². The molecule has 1 heterocycles. The molecule has 0 amide bonds.